The Hall–Kier alpha value is -1.61. The summed E-state index contributed by atoms with van der Waals surface area (Å²) in [4.78, 5) is 30.6. The van der Waals surface area contributed by atoms with Crippen molar-refractivity contribution in [1.82, 2.24) is 14.8 Å². The van der Waals surface area contributed by atoms with Gasteiger partial charge in [0.15, 0.2) is 0 Å². The Balaban J connectivity index is 0.000000713. The number of rotatable bonds is 5. The van der Waals surface area contributed by atoms with Gasteiger partial charge in [0.05, 0.1) is 5.69 Å². The topological polar surface area (TPSA) is 95.0 Å². The number of carbonyl (C=O) groups excluding carboxylic acids is 1. The number of halogens is 2. The van der Waals surface area contributed by atoms with E-state index in [1.54, 1.807) is 20.8 Å². The largest absolute Gasteiger partial charge is 0.478 e. The van der Waals surface area contributed by atoms with Crippen LogP contribution in [0.4, 0.5) is 10.5 Å². The Labute approximate surface area is 170 Å². The number of aromatic carboxylic acids is 1. The average molecular weight is 423 g/mol. The van der Waals surface area contributed by atoms with Crippen LogP contribution in [0.25, 0.3) is 0 Å². The third kappa shape index (κ3) is 11.7. The van der Waals surface area contributed by atoms with Gasteiger partial charge in [-0.2, -0.15) is 0 Å². The lowest BCUT2D eigenvalue weighted by Gasteiger charge is -2.20. The van der Waals surface area contributed by atoms with Gasteiger partial charge in [0.25, 0.3) is 0 Å². The van der Waals surface area contributed by atoms with E-state index in [0.717, 1.165) is 13.1 Å². The van der Waals surface area contributed by atoms with E-state index in [1.165, 1.54) is 6.07 Å². The molecule has 1 rings (SSSR count). The molecule has 0 aliphatic rings. The zero-order chi connectivity index (χ0) is 21.4. The van der Waals surface area contributed by atoms with Gasteiger partial charge < -0.3 is 19.6 Å². The first-order valence-electron chi connectivity index (χ1n) is 8.11. The van der Waals surface area contributed by atoms with Crippen LogP contribution >= 0.6 is 23.2 Å². The fraction of sp³-hybridized carbons (Fsp3) is 0.588. The maximum atomic E-state index is 11.6. The summed E-state index contributed by atoms with van der Waals surface area (Å²) in [7, 11) is 8.35. The molecule has 0 radical (unpaired) electrons. The van der Waals surface area contributed by atoms with E-state index in [9.17, 15) is 9.59 Å². The SMILES string of the molecule is CC(C)(C)OC(=O)Nc1cc(Cl)nc(Cl)c1C(=O)O.CN(C)CCN(C)C. The van der Waals surface area contributed by atoms with Gasteiger partial charge in [0.2, 0.25) is 0 Å². The lowest BCUT2D eigenvalue weighted by molar-refractivity contribution is 0.0636. The van der Waals surface area contributed by atoms with Gasteiger partial charge in [-0.05, 0) is 49.0 Å². The van der Waals surface area contributed by atoms with Crippen molar-refractivity contribution in [3.05, 3.63) is 21.9 Å². The van der Waals surface area contributed by atoms with Crippen molar-refractivity contribution in [2.75, 3.05) is 46.6 Å². The van der Waals surface area contributed by atoms with Gasteiger partial charge in [0, 0.05) is 19.2 Å². The van der Waals surface area contributed by atoms with Crippen LogP contribution in [-0.2, 0) is 4.74 Å². The smallest absolute Gasteiger partial charge is 0.412 e. The highest BCUT2D eigenvalue weighted by Crippen LogP contribution is 2.26. The molecule has 0 saturated carbocycles. The second-order valence-corrected chi connectivity index (χ2v) is 7.94. The first-order chi connectivity index (χ1) is 12.2. The number of hydrogen-bond donors (Lipinski definition) is 2. The lowest BCUT2D eigenvalue weighted by atomic mass is 10.2. The van der Waals surface area contributed by atoms with E-state index in [0.29, 0.717) is 0 Å². The number of carbonyl (C=O) groups is 2. The Morgan fingerprint density at radius 3 is 2.00 bits per heavy atom. The first-order valence-corrected chi connectivity index (χ1v) is 8.87. The molecule has 0 spiro atoms. The normalized spacial score (nSPS) is 11.1. The highest BCUT2D eigenvalue weighted by atomic mass is 35.5. The molecule has 1 amide bonds. The molecule has 10 heteroatoms. The molecule has 0 bridgehead atoms. The zero-order valence-electron chi connectivity index (χ0n) is 16.8. The minimum Gasteiger partial charge on any atom is -0.478 e. The number of hydrogen-bond acceptors (Lipinski definition) is 6. The minimum atomic E-state index is -1.33. The summed E-state index contributed by atoms with van der Waals surface area (Å²) in [5.74, 6) is -1.33. The summed E-state index contributed by atoms with van der Waals surface area (Å²) >= 11 is 11.3. The van der Waals surface area contributed by atoms with E-state index in [-0.39, 0.29) is 21.6 Å². The van der Waals surface area contributed by atoms with Crippen LogP contribution in [-0.4, -0.2) is 78.8 Å². The fourth-order valence-electron chi connectivity index (χ4n) is 1.60. The van der Waals surface area contributed by atoms with Crippen LogP contribution in [0.3, 0.4) is 0 Å². The van der Waals surface area contributed by atoms with E-state index < -0.39 is 17.7 Å². The van der Waals surface area contributed by atoms with Crippen LogP contribution in [0.5, 0.6) is 0 Å². The molecular formula is C17H28Cl2N4O4. The molecule has 154 valence electrons. The zero-order valence-corrected chi connectivity index (χ0v) is 18.3. The summed E-state index contributed by atoms with van der Waals surface area (Å²) < 4.78 is 5.01. The van der Waals surface area contributed by atoms with Gasteiger partial charge in [-0.25, -0.2) is 14.6 Å². The molecular weight excluding hydrogens is 395 g/mol. The Morgan fingerprint density at radius 2 is 1.63 bits per heavy atom. The molecule has 0 saturated heterocycles. The van der Waals surface area contributed by atoms with E-state index >= 15 is 0 Å². The molecule has 0 aliphatic heterocycles. The number of anilines is 1. The summed E-state index contributed by atoms with van der Waals surface area (Å²) in [6, 6.07) is 1.18. The third-order valence-corrected chi connectivity index (χ3v) is 3.26. The summed E-state index contributed by atoms with van der Waals surface area (Å²) in [6.07, 6.45) is -0.812. The fourth-order valence-corrected chi connectivity index (χ4v) is 2.11. The maximum absolute atomic E-state index is 11.6. The van der Waals surface area contributed by atoms with Crippen molar-refractivity contribution < 1.29 is 19.4 Å². The van der Waals surface area contributed by atoms with Crippen molar-refractivity contribution in [1.29, 1.82) is 0 Å². The average Bonchev–Trinajstić information content (AvgIpc) is 2.42. The molecule has 27 heavy (non-hydrogen) atoms. The summed E-state index contributed by atoms with van der Waals surface area (Å²) in [5.41, 5.74) is -1.14. The molecule has 8 nitrogen and oxygen atoms in total. The van der Waals surface area contributed by atoms with Gasteiger partial charge in [0.1, 0.15) is 21.5 Å². The molecule has 1 aromatic rings. The number of ether oxygens (including phenoxy) is 1. The van der Waals surface area contributed by atoms with Crippen LogP contribution in [0.15, 0.2) is 6.07 Å². The monoisotopic (exact) mass is 422 g/mol. The van der Waals surface area contributed by atoms with Crippen molar-refractivity contribution in [3.63, 3.8) is 0 Å². The van der Waals surface area contributed by atoms with Crippen molar-refractivity contribution in [3.8, 4) is 0 Å². The number of aromatic nitrogens is 1. The van der Waals surface area contributed by atoms with Crippen LogP contribution in [0.2, 0.25) is 10.3 Å². The van der Waals surface area contributed by atoms with Gasteiger partial charge in [-0.3, -0.25) is 5.32 Å². The second kappa shape index (κ2) is 11.3. The summed E-state index contributed by atoms with van der Waals surface area (Å²) in [5, 5.41) is 10.9. The molecule has 0 aliphatic carbocycles. The minimum absolute atomic E-state index is 0.0407. The molecule has 0 unspecified atom stereocenters. The Kier molecular flexibility index (Phi) is 10.6. The molecule has 2 N–H and O–H groups in total. The molecule has 0 atom stereocenters. The quantitative estimate of drug-likeness (QED) is 0.700. The second-order valence-electron chi connectivity index (χ2n) is 7.20. The standard InChI is InChI=1S/C11H12Cl2N2O4.C6H16N2/c1-11(2,3)19-10(18)14-5-4-6(12)15-8(13)7(5)9(16)17;1-7(2)5-6-8(3)4/h4H,1-3H3,(H,16,17)(H,14,15,18);5-6H2,1-4H3. The third-order valence-electron chi connectivity index (χ3n) is 2.79. The number of likely N-dealkylation sites (N-methyl/N-ethyl adjacent to an activating group) is 2. The van der Waals surface area contributed by atoms with Crippen LogP contribution in [0.1, 0.15) is 31.1 Å². The molecule has 0 fully saturated rings. The van der Waals surface area contributed by atoms with Crippen LogP contribution in [0, 0.1) is 0 Å². The highest BCUT2D eigenvalue weighted by Gasteiger charge is 2.22. The van der Waals surface area contributed by atoms with Crippen molar-refractivity contribution >= 4 is 41.0 Å². The Morgan fingerprint density at radius 1 is 1.15 bits per heavy atom. The summed E-state index contributed by atoms with van der Waals surface area (Å²) in [6.45, 7) is 7.32. The first kappa shape index (κ1) is 25.4. The number of nitrogens with zero attached hydrogens (tertiary/aromatic N) is 3. The number of nitrogens with one attached hydrogen (secondary N) is 1. The molecule has 0 aromatic carbocycles. The lowest BCUT2D eigenvalue weighted by Crippen LogP contribution is -2.27. The van der Waals surface area contributed by atoms with Gasteiger partial charge in [-0.15, -0.1) is 0 Å². The van der Waals surface area contributed by atoms with E-state index in [2.05, 4.69) is 48.3 Å². The van der Waals surface area contributed by atoms with Crippen molar-refractivity contribution in [2.24, 2.45) is 0 Å². The molecule has 1 aromatic heterocycles. The van der Waals surface area contributed by atoms with Gasteiger partial charge >= 0.3 is 12.1 Å². The van der Waals surface area contributed by atoms with E-state index in [1.807, 2.05) is 0 Å². The van der Waals surface area contributed by atoms with Crippen molar-refractivity contribution in [2.45, 2.75) is 26.4 Å². The predicted octanol–water partition coefficient (Wildman–Crippen LogP) is 3.54. The van der Waals surface area contributed by atoms with Gasteiger partial charge in [-0.1, -0.05) is 23.2 Å². The number of carboxylic acid groups (broad SMARTS) is 1. The number of amides is 1. The number of pyridine rings is 1. The maximum Gasteiger partial charge on any atom is 0.412 e. The van der Waals surface area contributed by atoms with E-state index in [4.69, 9.17) is 33.0 Å². The predicted molar refractivity (Wildman–Crippen MR) is 108 cm³/mol. The highest BCUT2D eigenvalue weighted by molar-refractivity contribution is 6.35. The molecule has 1 heterocycles. The number of carboxylic acids is 1. The van der Waals surface area contributed by atoms with Crippen LogP contribution < -0.4 is 5.32 Å². The Bertz CT molecular complexity index is 639.